The molecule has 0 aliphatic heterocycles. The van der Waals surface area contributed by atoms with Crippen LogP contribution in [-0.2, 0) is 17.3 Å². The summed E-state index contributed by atoms with van der Waals surface area (Å²) in [6.07, 6.45) is -0.479. The van der Waals surface area contributed by atoms with Crippen molar-refractivity contribution in [2.75, 3.05) is 18.9 Å². The first-order chi connectivity index (χ1) is 13.8. The molecule has 172 valence electrons. The van der Waals surface area contributed by atoms with Crippen LogP contribution >= 0.6 is 24.0 Å². The molecule has 2 rings (SSSR count). The minimum atomic E-state index is -4.37. The van der Waals surface area contributed by atoms with Crippen LogP contribution in [0.25, 0.3) is 0 Å². The Morgan fingerprint density at radius 3 is 2.73 bits per heavy atom. The van der Waals surface area contributed by atoms with Crippen LogP contribution in [0.5, 0.6) is 5.75 Å². The van der Waals surface area contributed by atoms with Crippen LogP contribution in [0.2, 0.25) is 0 Å². The molecule has 1 saturated carbocycles. The van der Waals surface area contributed by atoms with Crippen LogP contribution in [0.1, 0.15) is 45.1 Å². The van der Waals surface area contributed by atoms with Crippen LogP contribution < -0.4 is 15.4 Å². The molecule has 0 heterocycles. The maximum absolute atomic E-state index is 12.3. The van der Waals surface area contributed by atoms with Gasteiger partial charge in [0.1, 0.15) is 5.75 Å². The minimum absolute atomic E-state index is 0. The van der Waals surface area contributed by atoms with E-state index in [1.54, 1.807) is 18.2 Å². The van der Waals surface area contributed by atoms with Crippen LogP contribution in [0, 0.1) is 0 Å². The smallest absolute Gasteiger partial charge is 0.422 e. The molecule has 0 amide bonds. The Balaban J connectivity index is 0.00000450. The molecule has 3 atom stereocenters. The van der Waals surface area contributed by atoms with Gasteiger partial charge in [-0.05, 0) is 43.9 Å². The van der Waals surface area contributed by atoms with Gasteiger partial charge < -0.3 is 15.4 Å². The summed E-state index contributed by atoms with van der Waals surface area (Å²) in [4.78, 5) is 4.56. The average molecular weight is 561 g/mol. The molecule has 0 bridgehead atoms. The Kier molecular flexibility index (Phi) is 12.0. The Hall–Kier alpha value is -1.04. The van der Waals surface area contributed by atoms with Crippen molar-refractivity contribution in [3.63, 3.8) is 0 Å². The number of guanidine groups is 1. The van der Waals surface area contributed by atoms with Gasteiger partial charge in [-0.3, -0.25) is 4.21 Å². The summed E-state index contributed by atoms with van der Waals surface area (Å²) in [5.74, 6) is 1.50. The molecule has 0 spiro atoms. The molecule has 1 aliphatic carbocycles. The Bertz CT molecular complexity index is 704. The molecule has 3 unspecified atom stereocenters. The van der Waals surface area contributed by atoms with Gasteiger partial charge >= 0.3 is 6.18 Å². The van der Waals surface area contributed by atoms with E-state index in [-0.39, 0.29) is 41.0 Å². The molecule has 0 radical (unpaired) electrons. The summed E-state index contributed by atoms with van der Waals surface area (Å²) in [5.41, 5.74) is 0.760. The number of aliphatic imine (C=N–C) groups is 1. The van der Waals surface area contributed by atoms with Crippen molar-refractivity contribution in [2.45, 2.75) is 63.5 Å². The van der Waals surface area contributed by atoms with E-state index in [2.05, 4.69) is 15.6 Å². The highest BCUT2D eigenvalue weighted by molar-refractivity contribution is 14.0. The van der Waals surface area contributed by atoms with Gasteiger partial charge in [-0.2, -0.15) is 13.2 Å². The highest BCUT2D eigenvalue weighted by Gasteiger charge is 2.28. The number of hydrogen-bond donors (Lipinski definition) is 2. The SMILES string of the molecule is CCNC(=NCc1cccc(OCC(F)(F)F)c1)NC1CCCC(S(=O)CC)C1.I. The number of alkyl halides is 3. The Morgan fingerprint density at radius 1 is 1.30 bits per heavy atom. The fraction of sp³-hybridized carbons (Fsp3) is 0.650. The molecular weight excluding hydrogens is 530 g/mol. The molecule has 5 nitrogen and oxygen atoms in total. The lowest BCUT2D eigenvalue weighted by molar-refractivity contribution is -0.153. The molecule has 1 aromatic carbocycles. The minimum Gasteiger partial charge on any atom is -0.484 e. The highest BCUT2D eigenvalue weighted by atomic mass is 127. The zero-order chi connectivity index (χ0) is 21.3. The van der Waals surface area contributed by atoms with Gasteiger partial charge in [0, 0.05) is 34.4 Å². The van der Waals surface area contributed by atoms with Crippen molar-refractivity contribution in [3.05, 3.63) is 29.8 Å². The predicted molar refractivity (Wildman–Crippen MR) is 126 cm³/mol. The first kappa shape index (κ1) is 27.0. The van der Waals surface area contributed by atoms with Gasteiger partial charge in [-0.25, -0.2) is 4.99 Å². The fourth-order valence-corrected chi connectivity index (χ4v) is 4.68. The van der Waals surface area contributed by atoms with Crippen molar-refractivity contribution in [1.29, 1.82) is 0 Å². The van der Waals surface area contributed by atoms with E-state index in [1.165, 1.54) is 6.07 Å². The van der Waals surface area contributed by atoms with E-state index in [0.717, 1.165) is 31.2 Å². The average Bonchev–Trinajstić information content (AvgIpc) is 2.70. The monoisotopic (exact) mass is 561 g/mol. The van der Waals surface area contributed by atoms with Gasteiger partial charge in [0.15, 0.2) is 12.6 Å². The van der Waals surface area contributed by atoms with Crippen molar-refractivity contribution in [1.82, 2.24) is 10.6 Å². The maximum Gasteiger partial charge on any atom is 0.422 e. The first-order valence-corrected chi connectivity index (χ1v) is 11.4. The lowest BCUT2D eigenvalue weighted by Crippen LogP contribution is -2.46. The maximum atomic E-state index is 12.3. The van der Waals surface area contributed by atoms with Crippen LogP contribution in [0.15, 0.2) is 29.3 Å². The summed E-state index contributed by atoms with van der Waals surface area (Å²) in [5, 5.41) is 6.84. The number of rotatable bonds is 8. The summed E-state index contributed by atoms with van der Waals surface area (Å²) in [6.45, 7) is 3.61. The Labute approximate surface area is 196 Å². The van der Waals surface area contributed by atoms with Gasteiger partial charge in [0.25, 0.3) is 0 Å². The van der Waals surface area contributed by atoms with Crippen molar-refractivity contribution in [3.8, 4) is 5.75 Å². The second-order valence-electron chi connectivity index (χ2n) is 7.05. The van der Waals surface area contributed by atoms with E-state index in [1.807, 2.05) is 13.8 Å². The number of ether oxygens (including phenoxy) is 1. The zero-order valence-electron chi connectivity index (χ0n) is 17.3. The molecule has 2 N–H and O–H groups in total. The molecule has 1 aliphatic rings. The standard InChI is InChI=1S/C20H30F3N3O2S.HI/c1-3-24-19(26-16-8-6-10-18(12-16)29(27)4-2)25-13-15-7-5-9-17(11-15)28-14-20(21,22)23;/h5,7,9,11,16,18H,3-4,6,8,10,12-14H2,1-2H3,(H2,24,25,26);1H. The number of nitrogens with one attached hydrogen (secondary N) is 2. The number of benzene rings is 1. The lowest BCUT2D eigenvalue weighted by atomic mass is 9.95. The largest absolute Gasteiger partial charge is 0.484 e. The van der Waals surface area contributed by atoms with Crippen LogP contribution in [0.3, 0.4) is 0 Å². The van der Waals surface area contributed by atoms with E-state index in [0.29, 0.717) is 24.8 Å². The summed E-state index contributed by atoms with van der Waals surface area (Å²) in [7, 11) is -0.792. The second kappa shape index (κ2) is 13.4. The predicted octanol–water partition coefficient (Wildman–Crippen LogP) is 4.38. The summed E-state index contributed by atoms with van der Waals surface area (Å²) >= 11 is 0. The van der Waals surface area contributed by atoms with Crippen LogP contribution in [0.4, 0.5) is 13.2 Å². The molecule has 10 heteroatoms. The third-order valence-corrected chi connectivity index (χ3v) is 6.43. The van der Waals surface area contributed by atoms with Crippen molar-refractivity contribution in [2.24, 2.45) is 4.99 Å². The summed E-state index contributed by atoms with van der Waals surface area (Å²) in [6, 6.07) is 6.73. The van der Waals surface area contributed by atoms with E-state index >= 15 is 0 Å². The zero-order valence-corrected chi connectivity index (χ0v) is 20.5. The van der Waals surface area contributed by atoms with Crippen molar-refractivity contribution < 1.29 is 22.1 Å². The lowest BCUT2D eigenvalue weighted by Gasteiger charge is -2.30. The molecule has 30 heavy (non-hydrogen) atoms. The quantitative estimate of drug-likeness (QED) is 0.281. The van der Waals surface area contributed by atoms with E-state index in [4.69, 9.17) is 4.74 Å². The van der Waals surface area contributed by atoms with Crippen LogP contribution in [-0.4, -0.2) is 46.5 Å². The molecule has 0 saturated heterocycles. The van der Waals surface area contributed by atoms with E-state index in [9.17, 15) is 17.4 Å². The molecule has 1 fully saturated rings. The van der Waals surface area contributed by atoms with E-state index < -0.39 is 23.6 Å². The van der Waals surface area contributed by atoms with Crippen molar-refractivity contribution >= 4 is 40.7 Å². The molecule has 0 aromatic heterocycles. The van der Waals surface area contributed by atoms with Gasteiger partial charge in [-0.1, -0.05) is 25.5 Å². The van der Waals surface area contributed by atoms with Gasteiger partial charge in [0.2, 0.25) is 0 Å². The molecule has 1 aromatic rings. The van der Waals surface area contributed by atoms with Gasteiger partial charge in [-0.15, -0.1) is 24.0 Å². The second-order valence-corrected chi connectivity index (χ2v) is 9.05. The molecular formula is C20H31F3IN3O2S. The third kappa shape index (κ3) is 9.84. The first-order valence-electron chi connectivity index (χ1n) is 10.0. The third-order valence-electron chi connectivity index (χ3n) is 4.69. The summed E-state index contributed by atoms with van der Waals surface area (Å²) < 4.78 is 53.9. The topological polar surface area (TPSA) is 62.7 Å². The number of hydrogen-bond acceptors (Lipinski definition) is 3. The fourth-order valence-electron chi connectivity index (χ4n) is 3.33. The Morgan fingerprint density at radius 2 is 2.07 bits per heavy atom. The highest BCUT2D eigenvalue weighted by Crippen LogP contribution is 2.23. The number of halogens is 4. The normalized spacial score (nSPS) is 20.8. The van der Waals surface area contributed by atoms with Gasteiger partial charge in [0.05, 0.1) is 6.54 Å². The number of nitrogens with zero attached hydrogens (tertiary/aromatic N) is 1.